The molecule has 2 aromatic rings. The van der Waals surface area contributed by atoms with Crippen molar-refractivity contribution >= 4 is 17.5 Å². The third kappa shape index (κ3) is 6.47. The second-order valence-electron chi connectivity index (χ2n) is 8.06. The molecule has 154 valence electrons. The number of allylic oxidation sites excluding steroid dienone is 1. The van der Waals surface area contributed by atoms with Crippen molar-refractivity contribution in [3.05, 3.63) is 65.7 Å². The van der Waals surface area contributed by atoms with E-state index in [9.17, 15) is 9.90 Å². The number of hydrogen-bond donors (Lipinski definition) is 1. The molecule has 1 aliphatic rings. The number of ether oxygens (including phenoxy) is 1. The van der Waals surface area contributed by atoms with Crippen LogP contribution in [0, 0.1) is 5.92 Å². The first-order valence-corrected chi connectivity index (χ1v) is 10.5. The summed E-state index contributed by atoms with van der Waals surface area (Å²) in [6.07, 6.45) is 5.89. The Morgan fingerprint density at radius 3 is 2.38 bits per heavy atom. The summed E-state index contributed by atoms with van der Waals surface area (Å²) in [6, 6.07) is 15.5. The number of ketones is 1. The van der Waals surface area contributed by atoms with E-state index in [2.05, 4.69) is 18.7 Å². The van der Waals surface area contributed by atoms with Gasteiger partial charge in [-0.1, -0.05) is 32.1 Å². The van der Waals surface area contributed by atoms with Crippen molar-refractivity contribution in [1.29, 1.82) is 0 Å². The number of aliphatic hydroxyl groups excluding tert-OH is 1. The predicted octanol–water partition coefficient (Wildman–Crippen LogP) is 4.97. The van der Waals surface area contributed by atoms with Gasteiger partial charge in [0.2, 0.25) is 0 Å². The topological polar surface area (TPSA) is 49.8 Å². The minimum atomic E-state index is -0.182. The van der Waals surface area contributed by atoms with Crippen LogP contribution >= 0.6 is 0 Å². The summed E-state index contributed by atoms with van der Waals surface area (Å²) in [7, 11) is 0. The molecule has 1 N–H and O–H groups in total. The van der Waals surface area contributed by atoms with Crippen LogP contribution in [-0.2, 0) is 0 Å². The molecule has 2 aromatic carbocycles. The first-order valence-electron chi connectivity index (χ1n) is 10.5. The van der Waals surface area contributed by atoms with Crippen LogP contribution < -0.4 is 9.64 Å². The van der Waals surface area contributed by atoms with Gasteiger partial charge in [-0.3, -0.25) is 4.79 Å². The van der Waals surface area contributed by atoms with E-state index in [0.29, 0.717) is 11.5 Å². The molecule has 4 heteroatoms. The van der Waals surface area contributed by atoms with E-state index in [4.69, 9.17) is 4.74 Å². The summed E-state index contributed by atoms with van der Waals surface area (Å²) in [4.78, 5) is 14.7. The maximum absolute atomic E-state index is 12.5. The number of hydrogen-bond acceptors (Lipinski definition) is 4. The van der Waals surface area contributed by atoms with Gasteiger partial charge in [-0.05, 0) is 73.2 Å². The highest BCUT2D eigenvalue weighted by molar-refractivity contribution is 6.07. The highest BCUT2D eigenvalue weighted by Gasteiger charge is 2.17. The van der Waals surface area contributed by atoms with Gasteiger partial charge in [-0.2, -0.15) is 0 Å². The van der Waals surface area contributed by atoms with E-state index < -0.39 is 0 Å². The lowest BCUT2D eigenvalue weighted by Crippen LogP contribution is -2.35. The minimum Gasteiger partial charge on any atom is -0.494 e. The number of carbonyl (C=O) groups excluding carboxylic acids is 1. The summed E-state index contributed by atoms with van der Waals surface area (Å²) in [5, 5.41) is 9.63. The Hall–Kier alpha value is -2.59. The Morgan fingerprint density at radius 1 is 1.10 bits per heavy atom. The largest absolute Gasteiger partial charge is 0.494 e. The lowest BCUT2D eigenvalue weighted by Gasteiger charge is -2.31. The standard InChI is InChI=1S/C25H31NO3/c1-19(2)15-18-29-24-10-3-20(4-11-24)5-12-25(28)21-6-8-22(9-7-21)26-16-13-23(27)14-17-26/h3-12,19,23,27H,13-18H2,1-2H3/b12-5+. The molecule has 0 aromatic heterocycles. The van der Waals surface area contributed by atoms with E-state index in [1.807, 2.05) is 54.6 Å². The van der Waals surface area contributed by atoms with Crippen LogP contribution in [0.1, 0.15) is 49.0 Å². The summed E-state index contributed by atoms with van der Waals surface area (Å²) in [5.41, 5.74) is 2.75. The lowest BCUT2D eigenvalue weighted by atomic mass is 10.1. The second kappa shape index (κ2) is 10.3. The van der Waals surface area contributed by atoms with Crippen LogP contribution in [0.3, 0.4) is 0 Å². The lowest BCUT2D eigenvalue weighted by molar-refractivity contribution is 0.104. The van der Waals surface area contributed by atoms with Gasteiger partial charge in [0.05, 0.1) is 12.7 Å². The first kappa shape index (κ1) is 21.1. The van der Waals surface area contributed by atoms with Crippen molar-refractivity contribution in [2.45, 2.75) is 39.2 Å². The Kier molecular flexibility index (Phi) is 7.48. The van der Waals surface area contributed by atoms with Gasteiger partial charge in [0.15, 0.2) is 5.78 Å². The number of piperidine rings is 1. The van der Waals surface area contributed by atoms with E-state index in [1.54, 1.807) is 6.08 Å². The zero-order chi connectivity index (χ0) is 20.6. The fourth-order valence-corrected chi connectivity index (χ4v) is 3.32. The average Bonchev–Trinajstić information content (AvgIpc) is 2.73. The molecule has 3 rings (SSSR count). The van der Waals surface area contributed by atoms with Crippen LogP contribution in [0.5, 0.6) is 5.75 Å². The van der Waals surface area contributed by atoms with Crippen molar-refractivity contribution in [3.8, 4) is 5.75 Å². The number of anilines is 1. The molecule has 0 aliphatic carbocycles. The molecule has 29 heavy (non-hydrogen) atoms. The summed E-state index contributed by atoms with van der Waals surface area (Å²) < 4.78 is 5.72. The highest BCUT2D eigenvalue weighted by atomic mass is 16.5. The molecule has 0 radical (unpaired) electrons. The molecule has 4 nitrogen and oxygen atoms in total. The summed E-state index contributed by atoms with van der Waals surface area (Å²) in [6.45, 7) is 6.79. The van der Waals surface area contributed by atoms with E-state index >= 15 is 0 Å². The van der Waals surface area contributed by atoms with Crippen LogP contribution in [-0.4, -0.2) is 36.7 Å². The van der Waals surface area contributed by atoms with Gasteiger partial charge < -0.3 is 14.7 Å². The quantitative estimate of drug-likeness (QED) is 0.508. The van der Waals surface area contributed by atoms with Gasteiger partial charge in [0.25, 0.3) is 0 Å². The van der Waals surface area contributed by atoms with E-state index in [1.165, 1.54) is 0 Å². The molecular formula is C25H31NO3. The van der Waals surface area contributed by atoms with Crippen LogP contribution in [0.15, 0.2) is 54.6 Å². The van der Waals surface area contributed by atoms with Gasteiger partial charge in [-0.15, -0.1) is 0 Å². The molecule has 0 amide bonds. The molecule has 0 bridgehead atoms. The van der Waals surface area contributed by atoms with E-state index in [-0.39, 0.29) is 11.9 Å². The number of carbonyl (C=O) groups is 1. The molecule has 0 saturated carbocycles. The molecule has 1 aliphatic heterocycles. The average molecular weight is 394 g/mol. The van der Waals surface area contributed by atoms with Crippen molar-refractivity contribution in [3.63, 3.8) is 0 Å². The Morgan fingerprint density at radius 2 is 1.76 bits per heavy atom. The van der Waals surface area contributed by atoms with Crippen molar-refractivity contribution in [2.75, 3.05) is 24.6 Å². The molecule has 1 saturated heterocycles. The molecule has 0 spiro atoms. The third-order valence-electron chi connectivity index (χ3n) is 5.25. The van der Waals surface area contributed by atoms with Crippen molar-refractivity contribution in [1.82, 2.24) is 0 Å². The maximum Gasteiger partial charge on any atom is 0.185 e. The zero-order valence-corrected chi connectivity index (χ0v) is 17.4. The fraction of sp³-hybridized carbons (Fsp3) is 0.400. The number of aliphatic hydroxyl groups is 1. The predicted molar refractivity (Wildman–Crippen MR) is 119 cm³/mol. The molecule has 1 heterocycles. The SMILES string of the molecule is CC(C)CCOc1ccc(/C=C/C(=O)c2ccc(N3CCC(O)CC3)cc2)cc1. The third-order valence-corrected chi connectivity index (χ3v) is 5.25. The van der Waals surface area contributed by atoms with Crippen LogP contribution in [0.2, 0.25) is 0 Å². The van der Waals surface area contributed by atoms with Gasteiger partial charge in [-0.25, -0.2) is 0 Å². The number of benzene rings is 2. The van der Waals surface area contributed by atoms with Gasteiger partial charge in [0, 0.05) is 24.3 Å². The van der Waals surface area contributed by atoms with Crippen molar-refractivity contribution < 1.29 is 14.6 Å². The van der Waals surface area contributed by atoms with Gasteiger partial charge in [0.1, 0.15) is 5.75 Å². The first-order chi connectivity index (χ1) is 14.0. The number of nitrogens with zero attached hydrogens (tertiary/aromatic N) is 1. The number of rotatable bonds is 8. The Balaban J connectivity index is 1.53. The monoisotopic (exact) mass is 393 g/mol. The van der Waals surface area contributed by atoms with Crippen LogP contribution in [0.25, 0.3) is 6.08 Å². The molecule has 0 atom stereocenters. The normalized spacial score (nSPS) is 15.2. The highest BCUT2D eigenvalue weighted by Crippen LogP contribution is 2.21. The maximum atomic E-state index is 12.5. The second-order valence-corrected chi connectivity index (χ2v) is 8.06. The fourth-order valence-electron chi connectivity index (χ4n) is 3.32. The van der Waals surface area contributed by atoms with Crippen molar-refractivity contribution in [2.24, 2.45) is 5.92 Å². The molecule has 0 unspecified atom stereocenters. The summed E-state index contributed by atoms with van der Waals surface area (Å²) >= 11 is 0. The molecule has 1 fully saturated rings. The molecular weight excluding hydrogens is 362 g/mol. The van der Waals surface area contributed by atoms with E-state index in [0.717, 1.165) is 56.0 Å². The smallest absolute Gasteiger partial charge is 0.185 e. The van der Waals surface area contributed by atoms with Crippen LogP contribution in [0.4, 0.5) is 5.69 Å². The zero-order valence-electron chi connectivity index (χ0n) is 17.4. The minimum absolute atomic E-state index is 0.0112. The summed E-state index contributed by atoms with van der Waals surface area (Å²) in [5.74, 6) is 1.47. The van der Waals surface area contributed by atoms with Gasteiger partial charge >= 0.3 is 0 Å². The Bertz CT molecular complexity index is 801. The Labute approximate surface area is 173 Å².